The molecule has 0 radical (unpaired) electrons. The third-order valence-corrected chi connectivity index (χ3v) is 13.0. The lowest BCUT2D eigenvalue weighted by Crippen LogP contribution is -2.68. The highest BCUT2D eigenvalue weighted by molar-refractivity contribution is 7.80. The lowest BCUT2D eigenvalue weighted by Gasteiger charge is -2.48. The molecule has 5 rings (SSSR count). The van der Waals surface area contributed by atoms with Crippen molar-refractivity contribution in [3.8, 4) is 0 Å². The van der Waals surface area contributed by atoms with Gasteiger partial charge in [-0.25, -0.2) is 0 Å². The summed E-state index contributed by atoms with van der Waals surface area (Å²) < 4.78 is 106. The van der Waals surface area contributed by atoms with Crippen molar-refractivity contribution >= 4 is 106 Å². The third kappa shape index (κ3) is 19.9. The van der Waals surface area contributed by atoms with Gasteiger partial charge in [0.05, 0.1) is 0 Å². The van der Waals surface area contributed by atoms with Gasteiger partial charge in [0.15, 0.2) is 83.5 Å². The number of esters is 12. The maximum atomic E-state index is 12.9. The van der Waals surface area contributed by atoms with Gasteiger partial charge in [-0.1, -0.05) is 0 Å². The molecule has 0 amide bonds. The summed E-state index contributed by atoms with van der Waals surface area (Å²) >= 11 is 11.3. The average Bonchev–Trinajstić information content (AvgIpc) is 1.12. The van der Waals surface area contributed by atoms with E-state index in [4.69, 9.17) is 110 Å². The zero-order valence-electron chi connectivity index (χ0n) is 48.4. The Morgan fingerprint density at radius 3 is 0.547 bits per heavy atom. The van der Waals surface area contributed by atoms with Gasteiger partial charge in [-0.3, -0.25) is 57.5 Å². The molecule has 480 valence electrons. The van der Waals surface area contributed by atoms with E-state index < -0.39 is 221 Å². The van der Waals surface area contributed by atoms with Gasteiger partial charge >= 0.3 is 71.6 Å². The largest absolute Gasteiger partial charge is 0.456 e. The van der Waals surface area contributed by atoms with Crippen LogP contribution in [-0.4, -0.2) is 231 Å². The average molecular weight is 1270 g/mol. The van der Waals surface area contributed by atoms with Gasteiger partial charge in [0.1, 0.15) is 24.4 Å². The predicted molar refractivity (Wildman–Crippen MR) is 281 cm³/mol. The van der Waals surface area contributed by atoms with Crippen LogP contribution in [-0.2, 0) is 143 Å². The van der Waals surface area contributed by atoms with E-state index in [1.807, 2.05) is 0 Å². The lowest BCUT2D eigenvalue weighted by atomic mass is 9.96. The van der Waals surface area contributed by atoms with E-state index in [0.717, 1.165) is 83.1 Å². The van der Waals surface area contributed by atoms with Crippen LogP contribution in [0.1, 0.15) is 83.1 Å². The minimum Gasteiger partial charge on any atom is -0.456 e. The molecule has 36 heteroatoms. The van der Waals surface area contributed by atoms with Crippen LogP contribution in [0.3, 0.4) is 0 Å². The van der Waals surface area contributed by atoms with Crippen molar-refractivity contribution in [2.24, 2.45) is 0 Å². The van der Waals surface area contributed by atoms with Crippen molar-refractivity contribution in [2.45, 2.75) is 206 Å². The Kier molecular flexibility index (Phi) is 25.4. The van der Waals surface area contributed by atoms with E-state index in [0.29, 0.717) is 0 Å². The molecule has 5 heterocycles. The second-order valence-corrected chi connectivity index (χ2v) is 20.3. The molecule has 0 aromatic carbocycles. The number of carbonyl (C=O) groups is 12. The molecule has 0 aromatic rings. The standard InChI is InChI=1S/C50H68N4O30S2/c1-17(55)67-33-29-13-51-49(85)52-14-30-34(68-18(2)56)39(73-23(7)61)43(77-27(11)65)47(81-30)84-48-44(78-28(12)66)40(74-24(8)62)36(70-20(4)58)32(82-48)16-54-50(86)53-15-31-35(69-19(3)57)38(72-22(6)60)42(76-26(10)64)46(80-31)83-45(79-29)41(75-25(9)63)37(33)71-21(5)59/h29-48H,13-16H2,1-12H3,(H2,51,52,85)(H2,53,54,86)/t29-,30-,31-,32-,33-,34-,35-,36-,37+,38+,39+,40+,41-,42-,43-,44-,45-,46-,47-,48-/m1/s1. The Morgan fingerprint density at radius 2 is 0.395 bits per heavy atom. The number of hydrogen-bond donors (Lipinski definition) is 4. The number of rotatable bonds is 12. The van der Waals surface area contributed by atoms with Crippen molar-refractivity contribution in [1.82, 2.24) is 21.3 Å². The second kappa shape index (κ2) is 31.4. The summed E-state index contributed by atoms with van der Waals surface area (Å²) in [6.07, 6.45) is -35.7. The first kappa shape index (κ1) is 69.6. The van der Waals surface area contributed by atoms with E-state index in [9.17, 15) is 57.5 Å². The maximum absolute atomic E-state index is 12.9. The number of carbonyl (C=O) groups excluding carboxylic acids is 12. The highest BCUT2D eigenvalue weighted by Crippen LogP contribution is 2.37. The van der Waals surface area contributed by atoms with Gasteiger partial charge in [0.2, 0.25) is 25.2 Å². The van der Waals surface area contributed by atoms with Gasteiger partial charge in [0.25, 0.3) is 0 Å². The van der Waals surface area contributed by atoms with Crippen molar-refractivity contribution < 1.29 is 143 Å². The Morgan fingerprint density at radius 1 is 0.256 bits per heavy atom. The van der Waals surface area contributed by atoms with Crippen LogP contribution in [0.2, 0.25) is 0 Å². The molecule has 8 bridgehead atoms. The smallest absolute Gasteiger partial charge is 0.303 e. The van der Waals surface area contributed by atoms with Crippen LogP contribution >= 0.6 is 24.4 Å². The number of ether oxygens (including phenoxy) is 18. The predicted octanol–water partition coefficient (Wildman–Crippen LogP) is -2.96. The molecule has 4 N–H and O–H groups in total. The zero-order valence-corrected chi connectivity index (χ0v) is 50.1. The Hall–Kier alpha value is -7.22. The first-order valence-corrected chi connectivity index (χ1v) is 27.2. The summed E-state index contributed by atoms with van der Waals surface area (Å²) in [6.45, 7) is 9.63. The van der Waals surface area contributed by atoms with Crippen molar-refractivity contribution in [2.75, 3.05) is 26.2 Å². The number of fused-ring (bicyclic) bond motifs is 8. The van der Waals surface area contributed by atoms with Crippen LogP contribution in [0, 0.1) is 0 Å². The SMILES string of the molecule is CC(=O)O[C@@H]1[C@@H](OC(C)=O)[C@H]2O[C@H]3O[C@H](CNC(=S)NC[C@H]4O[C@H](O[C@H]5O[C@H](CNC(=S)NC[C@@H](O2)[C@H]1OC(C)=O)[C@@H](OC(C)=O)[C@H](OC(C)=O)[C@H]5OC(C)=O)[C@H](OC(C)=O)[C@@H](OC(C)=O)[C@@H]4OC(C)=O)[C@@H](OC(C)=O)[C@H](OC(C)=O)[C@H]3OC(C)=O. The lowest BCUT2D eigenvalue weighted by molar-refractivity contribution is -0.373. The summed E-state index contributed by atoms with van der Waals surface area (Å²) in [6, 6.07) is 0. The fourth-order valence-corrected chi connectivity index (χ4v) is 10.0. The molecule has 5 aliphatic heterocycles. The second-order valence-electron chi connectivity index (χ2n) is 19.5. The fraction of sp³-hybridized carbons (Fsp3) is 0.720. The summed E-state index contributed by atoms with van der Waals surface area (Å²) in [7, 11) is 0. The first-order valence-electron chi connectivity index (χ1n) is 26.3. The Labute approximate surface area is 500 Å². The fourth-order valence-electron chi connectivity index (χ4n) is 9.68. The molecule has 34 nitrogen and oxygen atoms in total. The minimum absolute atomic E-state index is 0.303. The normalized spacial score (nSPS) is 33.9. The highest BCUT2D eigenvalue weighted by Gasteiger charge is 2.60. The van der Waals surface area contributed by atoms with Crippen molar-refractivity contribution in [3.05, 3.63) is 0 Å². The summed E-state index contributed by atoms with van der Waals surface area (Å²) in [5.74, 6) is -12.0. The van der Waals surface area contributed by atoms with Crippen LogP contribution in [0.15, 0.2) is 0 Å². The molecule has 5 aliphatic rings. The molecule has 0 aromatic heterocycles. The zero-order chi connectivity index (χ0) is 64.0. The van der Waals surface area contributed by atoms with Crippen molar-refractivity contribution in [1.29, 1.82) is 0 Å². The number of hydrogen-bond acceptors (Lipinski definition) is 32. The minimum atomic E-state index is -2.00. The highest BCUT2D eigenvalue weighted by atomic mass is 32.1. The molecular formula is C50H68N4O30S2. The van der Waals surface area contributed by atoms with Gasteiger partial charge < -0.3 is 107 Å². The van der Waals surface area contributed by atoms with E-state index in [-0.39, 0.29) is 10.2 Å². The van der Waals surface area contributed by atoms with Gasteiger partial charge in [-0.2, -0.15) is 0 Å². The Bertz CT molecular complexity index is 2240. The van der Waals surface area contributed by atoms with Crippen molar-refractivity contribution in [3.63, 3.8) is 0 Å². The summed E-state index contributed by atoms with van der Waals surface area (Å²) in [4.78, 5) is 154. The molecule has 5 saturated heterocycles. The molecular weight excluding hydrogens is 1200 g/mol. The van der Waals surface area contributed by atoms with E-state index in [1.165, 1.54) is 0 Å². The summed E-state index contributed by atoms with van der Waals surface area (Å²) in [5, 5.41) is 10.7. The van der Waals surface area contributed by atoms with Gasteiger partial charge in [0, 0.05) is 109 Å². The van der Waals surface area contributed by atoms with Crippen LogP contribution in [0.4, 0.5) is 0 Å². The molecule has 0 spiro atoms. The Balaban J connectivity index is 1.74. The molecule has 0 aliphatic carbocycles. The number of nitrogens with one attached hydrogen (secondary N) is 4. The third-order valence-electron chi connectivity index (χ3n) is 12.4. The van der Waals surface area contributed by atoms with E-state index in [1.54, 1.807) is 0 Å². The van der Waals surface area contributed by atoms with Gasteiger partial charge in [-0.15, -0.1) is 0 Å². The maximum Gasteiger partial charge on any atom is 0.303 e. The summed E-state index contributed by atoms with van der Waals surface area (Å²) in [5.41, 5.74) is 0. The first-order chi connectivity index (χ1) is 40.3. The van der Waals surface area contributed by atoms with E-state index >= 15 is 0 Å². The molecule has 86 heavy (non-hydrogen) atoms. The quantitative estimate of drug-likeness (QED) is 0.0862. The molecule has 0 unspecified atom stereocenters. The molecule has 20 atom stereocenters. The molecule has 5 fully saturated rings. The topological polar surface area (TPSA) is 419 Å². The molecule has 0 saturated carbocycles. The van der Waals surface area contributed by atoms with Gasteiger partial charge in [-0.05, 0) is 24.4 Å². The van der Waals surface area contributed by atoms with E-state index in [2.05, 4.69) is 21.3 Å². The van der Waals surface area contributed by atoms with Crippen LogP contribution in [0.25, 0.3) is 0 Å². The number of thiocarbonyl (C=S) groups is 2. The monoisotopic (exact) mass is 1270 g/mol. The van der Waals surface area contributed by atoms with Crippen LogP contribution in [0.5, 0.6) is 0 Å². The van der Waals surface area contributed by atoms with Crippen LogP contribution < -0.4 is 21.3 Å².